The Balaban J connectivity index is 2.11. The van der Waals surface area contributed by atoms with E-state index in [-0.39, 0.29) is 5.56 Å². The lowest BCUT2D eigenvalue weighted by Gasteiger charge is -2.02. The minimum absolute atomic E-state index is 0.253. The Morgan fingerprint density at radius 3 is 2.95 bits per heavy atom. The van der Waals surface area contributed by atoms with Crippen molar-refractivity contribution >= 4 is 40.1 Å². The van der Waals surface area contributed by atoms with Crippen LogP contribution in [0.1, 0.15) is 11.3 Å². The van der Waals surface area contributed by atoms with Gasteiger partial charge in [0.1, 0.15) is 5.69 Å². The van der Waals surface area contributed by atoms with Crippen molar-refractivity contribution in [3.63, 3.8) is 0 Å². The number of rotatable bonds is 2. The summed E-state index contributed by atoms with van der Waals surface area (Å²) in [5.41, 5.74) is 0.913. The summed E-state index contributed by atoms with van der Waals surface area (Å²) in [6.45, 7) is 0. The first-order valence-electron chi connectivity index (χ1n) is 5.36. The van der Waals surface area contributed by atoms with E-state index in [4.69, 9.17) is 23.8 Å². The highest BCUT2D eigenvalue weighted by Gasteiger charge is 2.10. The van der Waals surface area contributed by atoms with Crippen molar-refractivity contribution < 1.29 is 0 Å². The van der Waals surface area contributed by atoms with Gasteiger partial charge in [0.25, 0.3) is 5.56 Å². The maximum Gasteiger partial charge on any atom is 0.295 e. The molecule has 96 valence electrons. The number of nitrogens with one attached hydrogen (secondary N) is 1. The molecule has 3 aromatic rings. The van der Waals surface area contributed by atoms with Gasteiger partial charge in [0.05, 0.1) is 0 Å². The number of fused-ring (bicyclic) bond motifs is 1. The Morgan fingerprint density at radius 1 is 1.37 bits per heavy atom. The van der Waals surface area contributed by atoms with Crippen LogP contribution in [0.2, 0.25) is 5.02 Å². The van der Waals surface area contributed by atoms with Gasteiger partial charge < -0.3 is 0 Å². The Morgan fingerprint density at radius 2 is 2.16 bits per heavy atom. The number of hydrogen-bond donors (Lipinski definition) is 1. The number of benzene rings is 1. The van der Waals surface area contributed by atoms with Crippen molar-refractivity contribution in [3.05, 3.63) is 54.9 Å². The molecule has 0 saturated heterocycles. The van der Waals surface area contributed by atoms with Gasteiger partial charge in [-0.1, -0.05) is 41.1 Å². The normalized spacial score (nSPS) is 11.0. The summed E-state index contributed by atoms with van der Waals surface area (Å²) in [6.07, 6.45) is 0.338. The predicted molar refractivity (Wildman–Crippen MR) is 76.6 cm³/mol. The Bertz CT molecular complexity index is 867. The zero-order chi connectivity index (χ0) is 13.4. The van der Waals surface area contributed by atoms with Crippen molar-refractivity contribution in [2.45, 2.75) is 6.42 Å². The minimum atomic E-state index is -0.253. The summed E-state index contributed by atoms with van der Waals surface area (Å²) in [5, 5.41) is 11.3. The summed E-state index contributed by atoms with van der Waals surface area (Å²) in [6, 6.07) is 7.33. The van der Waals surface area contributed by atoms with E-state index in [2.05, 4.69) is 15.3 Å². The molecule has 5 nitrogen and oxygen atoms in total. The van der Waals surface area contributed by atoms with Gasteiger partial charge in [-0.05, 0) is 23.8 Å². The van der Waals surface area contributed by atoms with E-state index in [0.717, 1.165) is 5.56 Å². The molecule has 0 radical (unpaired) electrons. The lowest BCUT2D eigenvalue weighted by molar-refractivity contribution is 0.805. The molecule has 0 aliphatic heterocycles. The Hall–Kier alpha value is -1.57. The van der Waals surface area contributed by atoms with Crippen LogP contribution in [0.5, 0.6) is 0 Å². The van der Waals surface area contributed by atoms with Crippen LogP contribution in [-0.2, 0) is 6.42 Å². The third-order valence-electron chi connectivity index (χ3n) is 2.60. The fraction of sp³-hybridized carbons (Fsp3) is 0.0909. The van der Waals surface area contributed by atoms with Crippen LogP contribution in [0.15, 0.2) is 29.1 Å². The number of aromatic nitrogens is 4. The van der Waals surface area contributed by atoms with Crippen LogP contribution >= 0.6 is 35.2 Å². The summed E-state index contributed by atoms with van der Waals surface area (Å²) in [5.74, 6) is 0. The van der Waals surface area contributed by atoms with Crippen LogP contribution in [-0.4, -0.2) is 19.8 Å². The van der Waals surface area contributed by atoms with E-state index in [0.29, 0.717) is 26.1 Å². The smallest absolute Gasteiger partial charge is 0.270 e. The summed E-state index contributed by atoms with van der Waals surface area (Å²) in [7, 11) is 0. The summed E-state index contributed by atoms with van der Waals surface area (Å²) < 4.78 is 1.80. The third-order valence-corrected chi connectivity index (χ3v) is 4.03. The monoisotopic (exact) mass is 310 g/mol. The van der Waals surface area contributed by atoms with Crippen LogP contribution in [0, 0.1) is 3.95 Å². The molecule has 0 unspecified atom stereocenters. The molecule has 0 aliphatic carbocycles. The van der Waals surface area contributed by atoms with Crippen LogP contribution in [0.25, 0.3) is 4.96 Å². The molecule has 1 aromatic carbocycles. The lowest BCUT2D eigenvalue weighted by atomic mass is 10.1. The second kappa shape index (κ2) is 4.84. The third kappa shape index (κ3) is 2.32. The van der Waals surface area contributed by atoms with E-state index in [1.165, 1.54) is 15.9 Å². The van der Waals surface area contributed by atoms with Gasteiger partial charge in [0.2, 0.25) is 4.96 Å². The van der Waals surface area contributed by atoms with Gasteiger partial charge in [0, 0.05) is 11.4 Å². The summed E-state index contributed by atoms with van der Waals surface area (Å²) >= 11 is 12.3. The average molecular weight is 311 g/mol. The van der Waals surface area contributed by atoms with Gasteiger partial charge in [-0.2, -0.15) is 4.52 Å². The number of H-pyrrole nitrogens is 1. The van der Waals surface area contributed by atoms with E-state index >= 15 is 0 Å². The molecule has 0 aliphatic rings. The van der Waals surface area contributed by atoms with E-state index in [1.807, 2.05) is 18.2 Å². The lowest BCUT2D eigenvalue weighted by Crippen LogP contribution is -2.22. The van der Waals surface area contributed by atoms with E-state index in [1.54, 1.807) is 6.07 Å². The van der Waals surface area contributed by atoms with Crippen molar-refractivity contribution in [3.8, 4) is 0 Å². The molecular weight excluding hydrogens is 304 g/mol. The molecule has 0 spiro atoms. The minimum Gasteiger partial charge on any atom is -0.270 e. The quantitative estimate of drug-likeness (QED) is 0.739. The second-order valence-electron chi connectivity index (χ2n) is 3.84. The standard InChI is InChI=1S/C11H7ClN4OS2/c12-7-4-2-1-3-6(7)5-8-9(17)16-10(14-13-8)19-11(18)15-16/h1-4H,5H2,(H,15,18). The SMILES string of the molecule is O=c1c(Cc2ccccc2Cl)nnc2sc(=S)[nH]n12. The first kappa shape index (κ1) is 12.5. The van der Waals surface area contributed by atoms with Gasteiger partial charge in [-0.3, -0.25) is 9.89 Å². The number of halogens is 1. The zero-order valence-electron chi connectivity index (χ0n) is 9.46. The highest BCUT2D eigenvalue weighted by molar-refractivity contribution is 7.73. The van der Waals surface area contributed by atoms with Gasteiger partial charge in [0.15, 0.2) is 3.95 Å². The highest BCUT2D eigenvalue weighted by Crippen LogP contribution is 2.17. The van der Waals surface area contributed by atoms with E-state index < -0.39 is 0 Å². The number of aromatic amines is 1. The Labute approximate surface area is 121 Å². The van der Waals surface area contributed by atoms with Crippen molar-refractivity contribution in [1.29, 1.82) is 0 Å². The highest BCUT2D eigenvalue weighted by atomic mass is 35.5. The maximum atomic E-state index is 12.2. The largest absolute Gasteiger partial charge is 0.295 e. The van der Waals surface area contributed by atoms with Crippen molar-refractivity contribution in [2.24, 2.45) is 0 Å². The molecule has 0 bridgehead atoms. The molecule has 2 aromatic heterocycles. The fourth-order valence-electron chi connectivity index (χ4n) is 1.70. The molecule has 3 rings (SSSR count). The molecule has 0 fully saturated rings. The van der Waals surface area contributed by atoms with E-state index in [9.17, 15) is 4.79 Å². The molecule has 8 heteroatoms. The van der Waals surface area contributed by atoms with Crippen LogP contribution in [0.4, 0.5) is 0 Å². The maximum absolute atomic E-state index is 12.2. The molecule has 0 amide bonds. The van der Waals surface area contributed by atoms with Gasteiger partial charge in [-0.25, -0.2) is 0 Å². The summed E-state index contributed by atoms with van der Waals surface area (Å²) in [4.78, 5) is 12.7. The molecule has 19 heavy (non-hydrogen) atoms. The van der Waals surface area contributed by atoms with Crippen LogP contribution < -0.4 is 5.56 Å². The van der Waals surface area contributed by atoms with Gasteiger partial charge >= 0.3 is 0 Å². The molecule has 1 N–H and O–H groups in total. The number of hydrogen-bond acceptors (Lipinski definition) is 5. The van der Waals surface area contributed by atoms with Crippen LogP contribution in [0.3, 0.4) is 0 Å². The van der Waals surface area contributed by atoms with Crippen molar-refractivity contribution in [1.82, 2.24) is 19.8 Å². The topological polar surface area (TPSA) is 63.0 Å². The number of nitrogens with zero attached hydrogens (tertiary/aromatic N) is 3. The fourth-order valence-corrected chi connectivity index (χ4v) is 2.82. The zero-order valence-corrected chi connectivity index (χ0v) is 11.8. The van der Waals surface area contributed by atoms with Crippen molar-refractivity contribution in [2.75, 3.05) is 0 Å². The predicted octanol–water partition coefficient (Wildman–Crippen LogP) is 2.45. The average Bonchev–Trinajstić information content (AvgIpc) is 2.77. The first-order valence-corrected chi connectivity index (χ1v) is 6.96. The Kier molecular flexibility index (Phi) is 3.17. The molecule has 2 heterocycles. The second-order valence-corrected chi connectivity index (χ2v) is 5.89. The molecular formula is C11H7ClN4OS2. The molecule has 0 atom stereocenters. The molecule has 0 saturated carbocycles. The van der Waals surface area contributed by atoms with Gasteiger partial charge in [-0.15, -0.1) is 10.2 Å². The first-order chi connectivity index (χ1) is 9.15.